The summed E-state index contributed by atoms with van der Waals surface area (Å²) < 4.78 is 0. The molecule has 0 unspecified atom stereocenters. The Morgan fingerprint density at radius 3 is 2.53 bits per heavy atom. The Bertz CT molecular complexity index is 487. The lowest BCUT2D eigenvalue weighted by Crippen LogP contribution is -2.12. The van der Waals surface area contributed by atoms with Gasteiger partial charge in [0.1, 0.15) is 17.5 Å². The van der Waals surface area contributed by atoms with Crippen LogP contribution in [0, 0.1) is 11.3 Å². The van der Waals surface area contributed by atoms with E-state index in [0.29, 0.717) is 27.7 Å². The number of aromatic nitrogens is 2. The minimum absolute atomic E-state index is 0.334. The Hall–Kier alpha value is -1.28. The summed E-state index contributed by atoms with van der Waals surface area (Å²) in [4.78, 5) is 8.86. The van der Waals surface area contributed by atoms with Gasteiger partial charge in [0, 0.05) is 11.2 Å². The van der Waals surface area contributed by atoms with Gasteiger partial charge in [-0.3, -0.25) is 0 Å². The molecule has 0 amide bonds. The molecule has 102 valence electrons. The van der Waals surface area contributed by atoms with E-state index >= 15 is 0 Å². The Morgan fingerprint density at radius 2 is 1.95 bits per heavy atom. The zero-order valence-corrected chi connectivity index (χ0v) is 12.3. The molecule has 1 heterocycles. The molecule has 0 bridgehead atoms. The van der Waals surface area contributed by atoms with E-state index in [0.717, 1.165) is 18.5 Å². The number of rotatable bonds is 3. The first-order chi connectivity index (χ1) is 9.11. The first-order valence-electron chi connectivity index (χ1n) is 6.86. The summed E-state index contributed by atoms with van der Waals surface area (Å²) in [6, 6.07) is 2.18. The summed E-state index contributed by atoms with van der Waals surface area (Å²) in [5.41, 5.74) is 7.29. The van der Waals surface area contributed by atoms with E-state index in [-0.39, 0.29) is 0 Å². The minimum atomic E-state index is 0.334. The molecule has 1 aliphatic rings. The molecule has 0 radical (unpaired) electrons. The first kappa shape index (κ1) is 14.1. The van der Waals surface area contributed by atoms with Gasteiger partial charge in [0.2, 0.25) is 0 Å². The quantitative estimate of drug-likeness (QED) is 0.675. The Morgan fingerprint density at radius 1 is 1.26 bits per heavy atom. The molecule has 1 aliphatic carbocycles. The molecule has 19 heavy (non-hydrogen) atoms. The fourth-order valence-corrected chi connectivity index (χ4v) is 3.25. The second-order valence-corrected chi connectivity index (χ2v) is 6.81. The van der Waals surface area contributed by atoms with Crippen LogP contribution in [-0.2, 0) is 0 Å². The van der Waals surface area contributed by atoms with Gasteiger partial charge in [-0.25, -0.2) is 9.97 Å². The summed E-state index contributed by atoms with van der Waals surface area (Å²) in [7, 11) is 0. The summed E-state index contributed by atoms with van der Waals surface area (Å²) in [5.74, 6) is 0.710. The number of anilines is 1. The van der Waals surface area contributed by atoms with Crippen molar-refractivity contribution in [2.45, 2.75) is 62.3 Å². The van der Waals surface area contributed by atoms with Gasteiger partial charge in [0.05, 0.1) is 5.69 Å². The fourth-order valence-electron chi connectivity index (χ4n) is 2.52. The van der Waals surface area contributed by atoms with Crippen LogP contribution in [0.2, 0.25) is 0 Å². The standard InChI is InChI=1S/C14H20N4S/c1-9(2)19-14-17-12(10-6-4-3-5-7-10)11(8-15)13(16)18-14/h9-10H,3-7H2,1-2H3,(H2,16,17,18). The molecular weight excluding hydrogens is 256 g/mol. The molecule has 1 aromatic rings. The number of nitrogens with two attached hydrogens (primary N) is 1. The Kier molecular flexibility index (Phi) is 4.65. The van der Waals surface area contributed by atoms with Crippen LogP contribution in [0.3, 0.4) is 0 Å². The smallest absolute Gasteiger partial charge is 0.190 e. The largest absolute Gasteiger partial charge is 0.382 e. The van der Waals surface area contributed by atoms with Crippen molar-refractivity contribution in [1.29, 1.82) is 5.26 Å². The van der Waals surface area contributed by atoms with E-state index in [9.17, 15) is 5.26 Å². The van der Waals surface area contributed by atoms with E-state index in [1.807, 2.05) is 0 Å². The van der Waals surface area contributed by atoms with Crippen molar-refractivity contribution in [3.05, 3.63) is 11.3 Å². The van der Waals surface area contributed by atoms with Crippen LogP contribution >= 0.6 is 11.8 Å². The van der Waals surface area contributed by atoms with E-state index in [4.69, 9.17) is 5.73 Å². The van der Waals surface area contributed by atoms with Gasteiger partial charge in [0.15, 0.2) is 5.16 Å². The zero-order valence-electron chi connectivity index (χ0n) is 11.5. The van der Waals surface area contributed by atoms with Gasteiger partial charge in [-0.1, -0.05) is 44.9 Å². The van der Waals surface area contributed by atoms with Gasteiger partial charge in [-0.15, -0.1) is 0 Å². The van der Waals surface area contributed by atoms with Crippen LogP contribution in [-0.4, -0.2) is 15.2 Å². The van der Waals surface area contributed by atoms with Gasteiger partial charge in [-0.2, -0.15) is 5.26 Å². The molecule has 1 aromatic heterocycles. The molecule has 0 saturated heterocycles. The zero-order chi connectivity index (χ0) is 13.8. The lowest BCUT2D eigenvalue weighted by Gasteiger charge is -2.22. The predicted molar refractivity (Wildman–Crippen MR) is 78.0 cm³/mol. The van der Waals surface area contributed by atoms with Crippen molar-refractivity contribution < 1.29 is 0 Å². The Labute approximate surface area is 118 Å². The van der Waals surface area contributed by atoms with Gasteiger partial charge in [0.25, 0.3) is 0 Å². The number of hydrogen-bond acceptors (Lipinski definition) is 5. The molecule has 1 saturated carbocycles. The number of nitriles is 1. The third-order valence-corrected chi connectivity index (χ3v) is 4.25. The average Bonchev–Trinajstić information content (AvgIpc) is 2.38. The van der Waals surface area contributed by atoms with E-state index in [1.165, 1.54) is 19.3 Å². The predicted octanol–water partition coefficient (Wildman–Crippen LogP) is 3.48. The van der Waals surface area contributed by atoms with Gasteiger partial charge in [-0.05, 0) is 12.8 Å². The second kappa shape index (κ2) is 6.25. The lowest BCUT2D eigenvalue weighted by atomic mass is 9.85. The van der Waals surface area contributed by atoms with Crippen LogP contribution in [0.5, 0.6) is 0 Å². The normalized spacial score (nSPS) is 16.5. The summed E-state index contributed by atoms with van der Waals surface area (Å²) in [5, 5.41) is 10.4. The number of hydrogen-bond donors (Lipinski definition) is 1. The highest BCUT2D eigenvalue weighted by Crippen LogP contribution is 2.35. The van der Waals surface area contributed by atoms with Crippen molar-refractivity contribution in [2.75, 3.05) is 5.73 Å². The minimum Gasteiger partial charge on any atom is -0.382 e. The van der Waals surface area contributed by atoms with Crippen molar-refractivity contribution in [3.63, 3.8) is 0 Å². The highest BCUT2D eigenvalue weighted by Gasteiger charge is 2.23. The first-order valence-corrected chi connectivity index (χ1v) is 7.74. The molecule has 5 heteroatoms. The van der Waals surface area contributed by atoms with Gasteiger partial charge < -0.3 is 5.73 Å². The maximum atomic E-state index is 9.29. The SMILES string of the molecule is CC(C)Sc1nc(N)c(C#N)c(C2CCCCC2)n1. The lowest BCUT2D eigenvalue weighted by molar-refractivity contribution is 0.433. The molecule has 2 N–H and O–H groups in total. The highest BCUT2D eigenvalue weighted by atomic mass is 32.2. The molecule has 0 atom stereocenters. The third-order valence-electron chi connectivity index (χ3n) is 3.39. The highest BCUT2D eigenvalue weighted by molar-refractivity contribution is 7.99. The molecule has 4 nitrogen and oxygen atoms in total. The van der Waals surface area contributed by atoms with Crippen molar-refractivity contribution in [1.82, 2.24) is 9.97 Å². The monoisotopic (exact) mass is 276 g/mol. The second-order valence-electron chi connectivity index (χ2n) is 5.27. The number of nitrogen functional groups attached to an aromatic ring is 1. The summed E-state index contributed by atoms with van der Waals surface area (Å²) in [6.45, 7) is 4.20. The molecule has 0 aromatic carbocycles. The topological polar surface area (TPSA) is 75.6 Å². The average molecular weight is 276 g/mol. The Balaban J connectivity index is 2.38. The number of thioether (sulfide) groups is 1. The van der Waals surface area contributed by atoms with Crippen LogP contribution in [0.15, 0.2) is 5.16 Å². The van der Waals surface area contributed by atoms with E-state index in [2.05, 4.69) is 29.9 Å². The van der Waals surface area contributed by atoms with Crippen LogP contribution in [0.4, 0.5) is 5.82 Å². The molecule has 0 spiro atoms. The van der Waals surface area contributed by atoms with Gasteiger partial charge >= 0.3 is 0 Å². The van der Waals surface area contributed by atoms with Crippen LogP contribution in [0.25, 0.3) is 0 Å². The van der Waals surface area contributed by atoms with E-state index in [1.54, 1.807) is 11.8 Å². The van der Waals surface area contributed by atoms with Crippen molar-refractivity contribution in [2.24, 2.45) is 0 Å². The molecular formula is C14H20N4S. The number of nitrogens with zero attached hydrogens (tertiary/aromatic N) is 3. The van der Waals surface area contributed by atoms with Crippen LogP contribution in [0.1, 0.15) is 63.1 Å². The third kappa shape index (κ3) is 3.38. The molecule has 1 fully saturated rings. The van der Waals surface area contributed by atoms with Crippen molar-refractivity contribution >= 4 is 17.6 Å². The van der Waals surface area contributed by atoms with Crippen LogP contribution < -0.4 is 5.73 Å². The fraction of sp³-hybridized carbons (Fsp3) is 0.643. The summed E-state index contributed by atoms with van der Waals surface area (Å²) in [6.07, 6.45) is 5.93. The summed E-state index contributed by atoms with van der Waals surface area (Å²) >= 11 is 1.60. The van der Waals surface area contributed by atoms with Crippen molar-refractivity contribution in [3.8, 4) is 6.07 Å². The molecule has 2 rings (SSSR count). The van der Waals surface area contributed by atoms with E-state index < -0.39 is 0 Å². The maximum Gasteiger partial charge on any atom is 0.190 e. The molecule has 0 aliphatic heterocycles. The maximum absolute atomic E-state index is 9.29.